The van der Waals surface area contributed by atoms with E-state index in [0.29, 0.717) is 11.1 Å². The van der Waals surface area contributed by atoms with Gasteiger partial charge < -0.3 is 22.4 Å². The molecule has 0 radical (unpaired) electrons. The van der Waals surface area contributed by atoms with Gasteiger partial charge in [-0.15, -0.1) is 0 Å². The summed E-state index contributed by atoms with van der Waals surface area (Å²) in [6.45, 7) is 0. The van der Waals surface area contributed by atoms with Crippen LogP contribution >= 0.6 is 0 Å². The number of fused-ring (bicyclic) bond motifs is 2. The van der Waals surface area contributed by atoms with Crippen molar-refractivity contribution in [3.8, 4) is 0 Å². The van der Waals surface area contributed by atoms with Gasteiger partial charge in [0.2, 0.25) is 0 Å². The molecule has 2 aromatic carbocycles. The summed E-state index contributed by atoms with van der Waals surface area (Å²) in [5.41, 5.74) is 13.4. The molecule has 0 amide bonds. The van der Waals surface area contributed by atoms with Gasteiger partial charge in [-0.1, -0.05) is 24.3 Å². The van der Waals surface area contributed by atoms with Gasteiger partial charge in [0.05, 0.1) is 11.1 Å². The van der Waals surface area contributed by atoms with Gasteiger partial charge in [-0.3, -0.25) is 9.59 Å². The second-order valence-electron chi connectivity index (χ2n) is 4.20. The van der Waals surface area contributed by atoms with Crippen molar-refractivity contribution in [3.63, 3.8) is 0 Å². The van der Waals surface area contributed by atoms with E-state index >= 15 is 0 Å². The predicted molar refractivity (Wildman–Crippen MR) is 75.8 cm³/mol. The predicted octanol–water partition coefficient (Wildman–Crippen LogP) is -0.0230. The van der Waals surface area contributed by atoms with Crippen molar-refractivity contribution in [3.05, 3.63) is 58.7 Å². The molecule has 1 aliphatic rings. The summed E-state index contributed by atoms with van der Waals surface area (Å²) in [5.74, 6) is -0.491. The monoisotopic (exact) mass is 274 g/mol. The van der Waals surface area contributed by atoms with Gasteiger partial charge in [-0.2, -0.15) is 0 Å². The zero-order chi connectivity index (χ0) is 12.9. The van der Waals surface area contributed by atoms with Crippen LogP contribution in [0.4, 0.5) is 11.4 Å². The molecule has 0 spiro atoms. The number of ketones is 2. The second kappa shape index (κ2) is 5.12. The Morgan fingerprint density at radius 1 is 0.650 bits per heavy atom. The first-order valence-electron chi connectivity index (χ1n) is 5.47. The van der Waals surface area contributed by atoms with Gasteiger partial charge in [0.15, 0.2) is 11.6 Å². The average molecular weight is 274 g/mol. The number of rotatable bonds is 0. The van der Waals surface area contributed by atoms with E-state index in [0.717, 1.165) is 0 Å². The number of hydrogen-bond acceptors (Lipinski definition) is 4. The SMILES string of the molecule is Nc1ccc(N)c2c1C(=O)c1ccccc1C2=O.O.O. The van der Waals surface area contributed by atoms with Crippen LogP contribution in [0.25, 0.3) is 0 Å². The molecule has 0 aliphatic heterocycles. The molecule has 1 aliphatic carbocycles. The standard InChI is InChI=1S/C14H10N2O2.2H2O/c15-9-5-6-10(16)12-11(9)13(17)7-3-1-2-4-8(7)14(12)18;;/h1-6H,15-16H2;2*1H2. The molecule has 0 bridgehead atoms. The first kappa shape index (κ1) is 15.4. The molecule has 0 unspecified atom stereocenters. The van der Waals surface area contributed by atoms with Gasteiger partial charge >= 0.3 is 0 Å². The lowest BCUT2D eigenvalue weighted by atomic mass is 9.82. The van der Waals surface area contributed by atoms with Crippen LogP contribution in [0, 0.1) is 0 Å². The third kappa shape index (κ3) is 1.83. The number of benzene rings is 2. The third-order valence-corrected chi connectivity index (χ3v) is 3.14. The van der Waals surface area contributed by atoms with Gasteiger partial charge in [0, 0.05) is 22.5 Å². The lowest BCUT2D eigenvalue weighted by molar-refractivity contribution is 0.0980. The summed E-state index contributed by atoms with van der Waals surface area (Å²) in [5, 5.41) is 0. The van der Waals surface area contributed by atoms with Crippen LogP contribution in [-0.4, -0.2) is 22.5 Å². The Kier molecular flexibility index (Phi) is 3.93. The minimum Gasteiger partial charge on any atom is -0.412 e. The number of carbonyl (C=O) groups is 2. The molecular weight excluding hydrogens is 260 g/mol. The summed E-state index contributed by atoms with van der Waals surface area (Å²) >= 11 is 0. The van der Waals surface area contributed by atoms with Gasteiger partial charge in [-0.25, -0.2) is 0 Å². The lowest BCUT2D eigenvalue weighted by Crippen LogP contribution is -2.23. The lowest BCUT2D eigenvalue weighted by Gasteiger charge is -2.20. The van der Waals surface area contributed by atoms with Crippen LogP contribution in [0.5, 0.6) is 0 Å². The molecule has 20 heavy (non-hydrogen) atoms. The molecule has 0 saturated carbocycles. The molecule has 0 aromatic heterocycles. The first-order chi connectivity index (χ1) is 8.61. The minimum absolute atomic E-state index is 0. The number of nitrogen functional groups attached to an aromatic ring is 2. The zero-order valence-electron chi connectivity index (χ0n) is 10.4. The summed E-state index contributed by atoms with van der Waals surface area (Å²) < 4.78 is 0. The summed E-state index contributed by atoms with van der Waals surface area (Å²) in [7, 11) is 0. The van der Waals surface area contributed by atoms with Gasteiger partial charge in [0.1, 0.15) is 0 Å². The van der Waals surface area contributed by atoms with Crippen LogP contribution in [0.15, 0.2) is 36.4 Å². The average Bonchev–Trinajstić information content (AvgIpc) is 2.38. The van der Waals surface area contributed by atoms with Crippen molar-refractivity contribution in [2.24, 2.45) is 0 Å². The summed E-state index contributed by atoms with van der Waals surface area (Å²) in [6, 6.07) is 9.79. The highest BCUT2D eigenvalue weighted by atomic mass is 16.1. The fourth-order valence-corrected chi connectivity index (χ4v) is 2.27. The maximum Gasteiger partial charge on any atom is 0.196 e. The number of anilines is 2. The molecule has 0 heterocycles. The molecular formula is C14H14N2O4. The molecule has 8 N–H and O–H groups in total. The minimum atomic E-state index is -0.245. The van der Waals surface area contributed by atoms with Crippen molar-refractivity contribution >= 4 is 22.9 Å². The first-order valence-corrected chi connectivity index (χ1v) is 5.47. The normalized spacial score (nSPS) is 11.8. The van der Waals surface area contributed by atoms with Gasteiger partial charge in [-0.05, 0) is 12.1 Å². The number of hydrogen-bond donors (Lipinski definition) is 2. The fourth-order valence-electron chi connectivity index (χ4n) is 2.27. The van der Waals surface area contributed by atoms with E-state index < -0.39 is 0 Å². The van der Waals surface area contributed by atoms with E-state index in [9.17, 15) is 9.59 Å². The summed E-state index contributed by atoms with van der Waals surface area (Å²) in [4.78, 5) is 24.7. The van der Waals surface area contributed by atoms with E-state index in [1.807, 2.05) is 0 Å². The van der Waals surface area contributed by atoms with E-state index in [2.05, 4.69) is 0 Å². The molecule has 6 heteroatoms. The summed E-state index contributed by atoms with van der Waals surface area (Å²) in [6.07, 6.45) is 0. The Morgan fingerprint density at radius 2 is 1.00 bits per heavy atom. The molecule has 0 saturated heterocycles. The quantitative estimate of drug-likeness (QED) is 0.553. The Labute approximate surface area is 114 Å². The number of carbonyl (C=O) groups excluding carboxylic acids is 2. The maximum atomic E-state index is 12.3. The fraction of sp³-hybridized carbons (Fsp3) is 0. The third-order valence-electron chi connectivity index (χ3n) is 3.14. The molecule has 0 fully saturated rings. The van der Waals surface area contributed by atoms with Crippen molar-refractivity contribution < 1.29 is 20.5 Å². The highest BCUT2D eigenvalue weighted by Crippen LogP contribution is 2.33. The van der Waals surface area contributed by atoms with Crippen molar-refractivity contribution in [1.82, 2.24) is 0 Å². The smallest absolute Gasteiger partial charge is 0.196 e. The van der Waals surface area contributed by atoms with E-state index in [-0.39, 0.29) is 45.0 Å². The topological polar surface area (TPSA) is 149 Å². The van der Waals surface area contributed by atoms with Crippen molar-refractivity contribution in [2.75, 3.05) is 11.5 Å². The van der Waals surface area contributed by atoms with Crippen LogP contribution in [-0.2, 0) is 0 Å². The van der Waals surface area contributed by atoms with Gasteiger partial charge in [0.25, 0.3) is 0 Å². The number of nitrogens with two attached hydrogens (primary N) is 2. The molecule has 6 nitrogen and oxygen atoms in total. The molecule has 104 valence electrons. The Morgan fingerprint density at radius 3 is 1.35 bits per heavy atom. The molecule has 3 rings (SSSR count). The van der Waals surface area contributed by atoms with Crippen molar-refractivity contribution in [2.45, 2.75) is 0 Å². The van der Waals surface area contributed by atoms with E-state index in [4.69, 9.17) is 11.5 Å². The maximum absolute atomic E-state index is 12.3. The van der Waals surface area contributed by atoms with Crippen molar-refractivity contribution in [1.29, 1.82) is 0 Å². The van der Waals surface area contributed by atoms with E-state index in [1.54, 1.807) is 36.4 Å². The Hall–Kier alpha value is -2.70. The highest BCUT2D eigenvalue weighted by molar-refractivity contribution is 6.31. The van der Waals surface area contributed by atoms with Crippen LogP contribution < -0.4 is 11.5 Å². The van der Waals surface area contributed by atoms with Crippen LogP contribution in [0.2, 0.25) is 0 Å². The zero-order valence-corrected chi connectivity index (χ0v) is 10.4. The highest BCUT2D eigenvalue weighted by Gasteiger charge is 2.32. The van der Waals surface area contributed by atoms with E-state index in [1.165, 1.54) is 0 Å². The Bertz CT molecular complexity index is 650. The molecule has 2 aromatic rings. The Balaban J connectivity index is 0.000001000. The van der Waals surface area contributed by atoms with Crippen LogP contribution in [0.3, 0.4) is 0 Å². The second-order valence-corrected chi connectivity index (χ2v) is 4.20. The van der Waals surface area contributed by atoms with Crippen LogP contribution in [0.1, 0.15) is 31.8 Å². The largest absolute Gasteiger partial charge is 0.412 e. The molecule has 0 atom stereocenters.